The number of rotatable bonds is 25. The van der Waals surface area contributed by atoms with Crippen LogP contribution in [-0.4, -0.2) is 107 Å². The maximum absolute atomic E-state index is 12.5. The van der Waals surface area contributed by atoms with E-state index in [4.69, 9.17) is 19.8 Å². The minimum Gasteiger partial charge on any atom is -0.475 e. The number of H-pyrrole nitrogens is 2. The van der Waals surface area contributed by atoms with E-state index in [9.17, 15) is 45.5 Å². The van der Waals surface area contributed by atoms with Crippen molar-refractivity contribution in [2.45, 2.75) is 89.4 Å². The minimum atomic E-state index is -5.08. The summed E-state index contributed by atoms with van der Waals surface area (Å²) in [5, 5.41) is 28.1. The number of hydrogen-bond donors (Lipinski definition) is 8. The SMILES string of the molecule is O=C(NCCCNCCCCCCCCCCCCNCCCNC(=O)C(=O)c1c[nH]c2cc(Br)ccc12)C(=O)c1c[nH]c2cc(Br)ccc12.O=C(O)C(F)(F)F.O=C(O)C(F)(F)F. The van der Waals surface area contributed by atoms with Gasteiger partial charge in [-0.05, 0) is 76.1 Å². The molecule has 22 heteroatoms. The lowest BCUT2D eigenvalue weighted by atomic mass is 10.1. The first kappa shape index (κ1) is 55.3. The number of hydrogen-bond acceptors (Lipinski definition) is 8. The highest BCUT2D eigenvalue weighted by atomic mass is 79.9. The highest BCUT2D eigenvalue weighted by molar-refractivity contribution is 9.10. The lowest BCUT2D eigenvalue weighted by Gasteiger charge is -2.07. The fourth-order valence-electron chi connectivity index (χ4n) is 5.97. The van der Waals surface area contributed by atoms with Crippen molar-refractivity contribution in [1.82, 2.24) is 31.2 Å². The van der Waals surface area contributed by atoms with Crippen molar-refractivity contribution in [3.63, 3.8) is 0 Å². The molecule has 8 N–H and O–H groups in total. The van der Waals surface area contributed by atoms with E-state index in [0.29, 0.717) is 24.2 Å². The van der Waals surface area contributed by atoms with Crippen LogP contribution in [0.4, 0.5) is 26.3 Å². The number of carboxylic acids is 2. The second-order valence-electron chi connectivity index (χ2n) is 14.3. The summed E-state index contributed by atoms with van der Waals surface area (Å²) in [4.78, 5) is 73.6. The number of Topliss-reactive ketones (excluding diaryl/α,β-unsaturated/α-hetero) is 2. The van der Waals surface area contributed by atoms with Crippen LogP contribution >= 0.6 is 31.9 Å². The molecule has 0 bridgehead atoms. The third-order valence-corrected chi connectivity index (χ3v) is 10.2. The van der Waals surface area contributed by atoms with E-state index in [1.165, 1.54) is 51.4 Å². The first-order valence-electron chi connectivity index (χ1n) is 20.4. The van der Waals surface area contributed by atoms with Gasteiger partial charge < -0.3 is 41.4 Å². The molecule has 4 aromatic rings. The molecule has 2 heterocycles. The number of aromatic amines is 2. The summed E-state index contributed by atoms with van der Waals surface area (Å²) in [5.74, 6) is -7.67. The molecule has 2 amide bonds. The van der Waals surface area contributed by atoms with E-state index >= 15 is 0 Å². The number of unbranched alkanes of at least 4 members (excludes halogenated alkanes) is 9. The van der Waals surface area contributed by atoms with Gasteiger partial charge in [0.1, 0.15) is 0 Å². The van der Waals surface area contributed by atoms with E-state index in [0.717, 1.165) is 82.6 Å². The van der Waals surface area contributed by atoms with Crippen molar-refractivity contribution in [3.05, 3.63) is 68.9 Å². The largest absolute Gasteiger partial charge is 0.490 e. The summed E-state index contributed by atoms with van der Waals surface area (Å²) >= 11 is 6.82. The smallest absolute Gasteiger partial charge is 0.475 e. The van der Waals surface area contributed by atoms with Crippen molar-refractivity contribution < 1.29 is 65.3 Å². The van der Waals surface area contributed by atoms with Gasteiger partial charge in [0.2, 0.25) is 0 Å². The molecule has 0 unspecified atom stereocenters. The Morgan fingerprint density at radius 1 is 0.484 bits per heavy atom. The van der Waals surface area contributed by atoms with E-state index < -0.39 is 47.7 Å². The van der Waals surface area contributed by atoms with Crippen LogP contribution in [-0.2, 0) is 19.2 Å². The molecule has 0 aliphatic heterocycles. The quantitative estimate of drug-likeness (QED) is 0.0137. The van der Waals surface area contributed by atoms with Gasteiger partial charge in [-0.3, -0.25) is 19.2 Å². The first-order valence-corrected chi connectivity index (χ1v) is 22.0. The third-order valence-electron chi connectivity index (χ3n) is 9.26. The van der Waals surface area contributed by atoms with E-state index in [-0.39, 0.29) is 0 Å². The lowest BCUT2D eigenvalue weighted by Crippen LogP contribution is -2.33. The van der Waals surface area contributed by atoms with E-state index in [2.05, 4.69) is 63.1 Å². The summed E-state index contributed by atoms with van der Waals surface area (Å²) in [6, 6.07) is 11.2. The van der Waals surface area contributed by atoms with E-state index in [1.807, 2.05) is 36.4 Å². The Bertz CT molecular complexity index is 1980. The van der Waals surface area contributed by atoms with Gasteiger partial charge in [-0.2, -0.15) is 26.3 Å². The standard InChI is InChI=1S/C38H50Br2N6O4.2C2HF3O2/c39-27-13-15-29-31(25-45-33(29)23-27)35(47)37(49)43-21-11-19-41-17-9-7-5-3-1-2-4-6-8-10-18-42-20-12-22-44-38(50)36(48)32-26-46-34-24-28(40)14-16-30(32)34;2*3-2(4,5)1(6)7/h13-16,23-26,41-42,45-46H,1-12,17-22H2,(H,43,49)(H,44,50);2*(H,6,7). The predicted molar refractivity (Wildman–Crippen MR) is 235 cm³/mol. The fraction of sp³-hybridized carbons (Fsp3) is 0.476. The molecule has 0 radical (unpaired) electrons. The van der Waals surface area contributed by atoms with Crippen LogP contribution in [0.3, 0.4) is 0 Å². The summed E-state index contributed by atoms with van der Waals surface area (Å²) < 4.78 is 65.3. The molecule has 4 rings (SSSR count). The zero-order valence-electron chi connectivity index (χ0n) is 34.7. The van der Waals surface area contributed by atoms with Gasteiger partial charge in [0, 0.05) is 56.2 Å². The minimum absolute atomic E-state index is 0.397. The Hall–Kier alpha value is -4.80. The Kier molecular flexibility index (Phi) is 25.0. The third kappa shape index (κ3) is 21.3. The predicted octanol–water partition coefficient (Wildman–Crippen LogP) is 8.60. The molecule has 0 spiro atoms. The van der Waals surface area contributed by atoms with Crippen LogP contribution in [0.1, 0.15) is 97.8 Å². The van der Waals surface area contributed by atoms with Gasteiger partial charge in [0.15, 0.2) is 0 Å². The summed E-state index contributed by atoms with van der Waals surface area (Å²) in [7, 11) is 0. The number of halogens is 8. The summed E-state index contributed by atoms with van der Waals surface area (Å²) in [5.41, 5.74) is 2.43. The molecule has 14 nitrogen and oxygen atoms in total. The maximum Gasteiger partial charge on any atom is 0.490 e. The molecule has 0 aliphatic carbocycles. The maximum atomic E-state index is 12.5. The second kappa shape index (κ2) is 28.9. The van der Waals surface area contributed by atoms with Crippen LogP contribution in [0.25, 0.3) is 21.8 Å². The van der Waals surface area contributed by atoms with Gasteiger partial charge in [-0.25, -0.2) is 9.59 Å². The molecule has 0 saturated carbocycles. The van der Waals surface area contributed by atoms with Crippen molar-refractivity contribution in [2.24, 2.45) is 0 Å². The van der Waals surface area contributed by atoms with Crippen molar-refractivity contribution >= 4 is 89.0 Å². The fourth-order valence-corrected chi connectivity index (χ4v) is 6.69. The van der Waals surface area contributed by atoms with Gasteiger partial charge in [-0.15, -0.1) is 0 Å². The first-order chi connectivity index (χ1) is 30.2. The molecular weight excluding hydrogens is 990 g/mol. The molecule has 2 aromatic heterocycles. The summed E-state index contributed by atoms with van der Waals surface area (Å²) in [6.45, 7) is 4.53. The molecule has 2 aromatic carbocycles. The number of aromatic nitrogens is 2. The van der Waals surface area contributed by atoms with Crippen molar-refractivity contribution in [2.75, 3.05) is 39.3 Å². The summed E-state index contributed by atoms with van der Waals surface area (Å²) in [6.07, 6.45) is 7.07. The average Bonchev–Trinajstić information content (AvgIpc) is 3.85. The second-order valence-corrected chi connectivity index (χ2v) is 16.1. The number of aliphatic carboxylic acids is 2. The van der Waals surface area contributed by atoms with Crippen LogP contribution in [0.2, 0.25) is 0 Å². The molecule has 64 heavy (non-hydrogen) atoms. The zero-order valence-corrected chi connectivity index (χ0v) is 37.9. The van der Waals surface area contributed by atoms with Gasteiger partial charge in [-0.1, -0.05) is 95.4 Å². The molecular formula is C42H52Br2F6N6O8. The number of fused-ring (bicyclic) bond motifs is 2. The Balaban J connectivity index is 0.000000866. The monoisotopic (exact) mass is 1040 g/mol. The highest BCUT2D eigenvalue weighted by Gasteiger charge is 2.39. The van der Waals surface area contributed by atoms with Crippen molar-refractivity contribution in [1.29, 1.82) is 0 Å². The van der Waals surface area contributed by atoms with Gasteiger partial charge in [0.25, 0.3) is 23.4 Å². The number of benzene rings is 2. The molecule has 0 atom stereocenters. The van der Waals surface area contributed by atoms with Gasteiger partial charge >= 0.3 is 24.3 Å². The normalized spacial score (nSPS) is 11.3. The molecule has 0 fully saturated rings. The average molecular weight is 1040 g/mol. The van der Waals surface area contributed by atoms with Crippen LogP contribution in [0, 0.1) is 0 Å². The number of alkyl halides is 6. The number of carboxylic acid groups (broad SMARTS) is 2. The number of nitrogens with one attached hydrogen (secondary N) is 6. The Morgan fingerprint density at radius 3 is 1.09 bits per heavy atom. The Labute approximate surface area is 381 Å². The number of carbonyl (C=O) groups excluding carboxylic acids is 4. The Morgan fingerprint density at radius 2 is 0.781 bits per heavy atom. The molecule has 0 aliphatic rings. The highest BCUT2D eigenvalue weighted by Crippen LogP contribution is 2.24. The number of amides is 2. The van der Waals surface area contributed by atoms with Crippen LogP contribution in [0.15, 0.2) is 57.7 Å². The number of ketones is 2. The molecule has 354 valence electrons. The lowest BCUT2D eigenvalue weighted by molar-refractivity contribution is -0.193. The van der Waals surface area contributed by atoms with Crippen LogP contribution in [0.5, 0.6) is 0 Å². The van der Waals surface area contributed by atoms with E-state index in [1.54, 1.807) is 12.4 Å². The topological polar surface area (TPSA) is 223 Å². The van der Waals surface area contributed by atoms with Crippen molar-refractivity contribution in [3.8, 4) is 0 Å². The van der Waals surface area contributed by atoms with Crippen LogP contribution < -0.4 is 21.3 Å². The zero-order chi connectivity index (χ0) is 47.7. The number of carbonyl (C=O) groups is 6. The molecule has 0 saturated heterocycles. The van der Waals surface area contributed by atoms with Gasteiger partial charge in [0.05, 0.1) is 11.1 Å².